The van der Waals surface area contributed by atoms with Crippen molar-refractivity contribution >= 4 is 11.4 Å². The molecule has 0 saturated carbocycles. The van der Waals surface area contributed by atoms with Crippen LogP contribution in [0.1, 0.15) is 31.4 Å². The number of anilines is 1. The second kappa shape index (κ2) is 7.45. The molecular weight excluding hydrogens is 305 g/mol. The van der Waals surface area contributed by atoms with E-state index < -0.39 is 0 Å². The fourth-order valence-electron chi connectivity index (χ4n) is 2.98. The van der Waals surface area contributed by atoms with Gasteiger partial charge in [0.2, 0.25) is 0 Å². The molecule has 4 nitrogen and oxygen atoms in total. The van der Waals surface area contributed by atoms with Crippen molar-refractivity contribution in [2.45, 2.75) is 25.8 Å². The summed E-state index contributed by atoms with van der Waals surface area (Å²) < 4.78 is 19.8. The van der Waals surface area contributed by atoms with Crippen LogP contribution in [0.2, 0.25) is 0 Å². The van der Waals surface area contributed by atoms with E-state index in [4.69, 9.17) is 10.5 Å². The zero-order valence-electron chi connectivity index (χ0n) is 13.8. The monoisotopic (exact) mass is 327 g/mol. The predicted octanol–water partition coefficient (Wildman–Crippen LogP) is 3.88. The summed E-state index contributed by atoms with van der Waals surface area (Å²) in [6, 6.07) is 14.5. The molecule has 1 unspecified atom stereocenters. The Morgan fingerprint density at radius 3 is 2.62 bits per heavy atom. The Hall–Kier alpha value is -2.40. The standard InChI is InChI=1S/C19H22FN3O/c1-2-24-16-9-7-15(8-10-16)23-19(13-14(22-23)11-12-21)17-5-3-4-6-18(17)20/h3-10,19H,2,11-13,21H2,1H3. The molecule has 2 aromatic rings. The van der Waals surface area contributed by atoms with Gasteiger partial charge in [0.05, 0.1) is 18.3 Å². The van der Waals surface area contributed by atoms with E-state index in [1.54, 1.807) is 6.07 Å². The van der Waals surface area contributed by atoms with E-state index in [1.165, 1.54) is 6.07 Å². The molecule has 24 heavy (non-hydrogen) atoms. The molecule has 126 valence electrons. The summed E-state index contributed by atoms with van der Waals surface area (Å²) in [5.74, 6) is 0.608. The van der Waals surface area contributed by atoms with E-state index in [0.717, 1.165) is 23.6 Å². The molecule has 0 aliphatic carbocycles. The van der Waals surface area contributed by atoms with Gasteiger partial charge in [-0.3, -0.25) is 5.01 Å². The lowest BCUT2D eigenvalue weighted by Gasteiger charge is -2.24. The first-order valence-electron chi connectivity index (χ1n) is 8.26. The SMILES string of the molecule is CCOc1ccc(N2N=C(CCN)CC2c2ccccc2F)cc1. The minimum Gasteiger partial charge on any atom is -0.494 e. The summed E-state index contributed by atoms with van der Waals surface area (Å²) in [5.41, 5.74) is 8.24. The highest BCUT2D eigenvalue weighted by atomic mass is 19.1. The van der Waals surface area contributed by atoms with Crippen molar-refractivity contribution in [2.75, 3.05) is 18.2 Å². The van der Waals surface area contributed by atoms with Gasteiger partial charge in [-0.25, -0.2) is 4.39 Å². The lowest BCUT2D eigenvalue weighted by Crippen LogP contribution is -2.19. The number of ether oxygens (including phenoxy) is 1. The zero-order valence-corrected chi connectivity index (χ0v) is 13.8. The minimum atomic E-state index is -0.206. The highest BCUT2D eigenvalue weighted by Crippen LogP contribution is 2.37. The Kier molecular flexibility index (Phi) is 5.11. The number of rotatable bonds is 6. The molecular formula is C19H22FN3O. The Morgan fingerprint density at radius 2 is 1.96 bits per heavy atom. The van der Waals surface area contributed by atoms with Gasteiger partial charge in [0.1, 0.15) is 11.6 Å². The van der Waals surface area contributed by atoms with Crippen LogP contribution in [-0.2, 0) is 0 Å². The van der Waals surface area contributed by atoms with Crippen molar-refractivity contribution in [2.24, 2.45) is 10.8 Å². The number of benzene rings is 2. The maximum Gasteiger partial charge on any atom is 0.128 e. The highest BCUT2D eigenvalue weighted by Gasteiger charge is 2.30. The third-order valence-corrected chi connectivity index (χ3v) is 4.08. The summed E-state index contributed by atoms with van der Waals surface area (Å²) in [6.45, 7) is 3.12. The van der Waals surface area contributed by atoms with Gasteiger partial charge in [-0.05, 0) is 50.2 Å². The smallest absolute Gasteiger partial charge is 0.128 e. The van der Waals surface area contributed by atoms with Crippen LogP contribution in [0.15, 0.2) is 53.6 Å². The summed E-state index contributed by atoms with van der Waals surface area (Å²) in [6.07, 6.45) is 1.41. The Bertz CT molecular complexity index is 715. The summed E-state index contributed by atoms with van der Waals surface area (Å²) in [7, 11) is 0. The number of nitrogens with zero attached hydrogens (tertiary/aromatic N) is 2. The molecule has 0 spiro atoms. The Balaban J connectivity index is 1.92. The first kappa shape index (κ1) is 16.5. The molecule has 3 rings (SSSR count). The maximum atomic E-state index is 14.3. The van der Waals surface area contributed by atoms with E-state index in [1.807, 2.05) is 48.3 Å². The molecule has 1 atom stereocenters. The van der Waals surface area contributed by atoms with E-state index in [-0.39, 0.29) is 11.9 Å². The molecule has 0 saturated heterocycles. The zero-order chi connectivity index (χ0) is 16.9. The molecule has 0 bridgehead atoms. The van der Waals surface area contributed by atoms with Crippen molar-refractivity contribution in [1.82, 2.24) is 0 Å². The van der Waals surface area contributed by atoms with Gasteiger partial charge in [0.15, 0.2) is 0 Å². The minimum absolute atomic E-state index is 0.148. The van der Waals surface area contributed by atoms with E-state index in [2.05, 4.69) is 5.10 Å². The molecule has 0 amide bonds. The third-order valence-electron chi connectivity index (χ3n) is 4.08. The lowest BCUT2D eigenvalue weighted by molar-refractivity contribution is 0.340. The Morgan fingerprint density at radius 1 is 1.21 bits per heavy atom. The van der Waals surface area contributed by atoms with Crippen molar-refractivity contribution in [3.05, 3.63) is 59.9 Å². The van der Waals surface area contributed by atoms with Crippen LogP contribution >= 0.6 is 0 Å². The molecule has 2 N–H and O–H groups in total. The van der Waals surface area contributed by atoms with Crippen LogP contribution in [-0.4, -0.2) is 18.9 Å². The molecule has 1 aliphatic rings. The van der Waals surface area contributed by atoms with E-state index in [0.29, 0.717) is 25.1 Å². The van der Waals surface area contributed by atoms with Crippen LogP contribution in [0.4, 0.5) is 10.1 Å². The molecule has 1 aliphatic heterocycles. The topological polar surface area (TPSA) is 50.8 Å². The number of hydrogen-bond donors (Lipinski definition) is 1. The van der Waals surface area contributed by atoms with Gasteiger partial charge < -0.3 is 10.5 Å². The predicted molar refractivity (Wildman–Crippen MR) is 95.0 cm³/mol. The van der Waals surface area contributed by atoms with Gasteiger partial charge in [-0.15, -0.1) is 0 Å². The summed E-state index contributed by atoms with van der Waals surface area (Å²) >= 11 is 0. The van der Waals surface area contributed by atoms with Crippen LogP contribution in [0.3, 0.4) is 0 Å². The van der Waals surface area contributed by atoms with Crippen LogP contribution in [0.5, 0.6) is 5.75 Å². The van der Waals surface area contributed by atoms with E-state index in [9.17, 15) is 4.39 Å². The maximum absolute atomic E-state index is 14.3. The number of hydrazone groups is 1. The van der Waals surface area contributed by atoms with Gasteiger partial charge in [-0.2, -0.15) is 5.10 Å². The van der Waals surface area contributed by atoms with Gasteiger partial charge in [-0.1, -0.05) is 18.2 Å². The molecule has 0 fully saturated rings. The van der Waals surface area contributed by atoms with Gasteiger partial charge in [0, 0.05) is 17.7 Å². The average molecular weight is 327 g/mol. The molecule has 1 heterocycles. The second-order valence-electron chi connectivity index (χ2n) is 5.72. The van der Waals surface area contributed by atoms with Crippen molar-refractivity contribution < 1.29 is 9.13 Å². The first-order chi connectivity index (χ1) is 11.7. The number of hydrogen-bond acceptors (Lipinski definition) is 4. The Labute approximate surface area is 141 Å². The molecule has 2 aromatic carbocycles. The largest absolute Gasteiger partial charge is 0.494 e. The van der Waals surface area contributed by atoms with Crippen LogP contribution < -0.4 is 15.5 Å². The van der Waals surface area contributed by atoms with Crippen molar-refractivity contribution in [3.8, 4) is 5.75 Å². The second-order valence-corrected chi connectivity index (χ2v) is 5.72. The molecule has 0 aromatic heterocycles. The number of halogens is 1. The fraction of sp³-hybridized carbons (Fsp3) is 0.316. The molecule has 0 radical (unpaired) electrons. The first-order valence-corrected chi connectivity index (χ1v) is 8.26. The number of nitrogens with two attached hydrogens (primary N) is 1. The van der Waals surface area contributed by atoms with Crippen molar-refractivity contribution in [1.29, 1.82) is 0 Å². The normalized spacial score (nSPS) is 17.0. The van der Waals surface area contributed by atoms with Gasteiger partial charge >= 0.3 is 0 Å². The van der Waals surface area contributed by atoms with E-state index >= 15 is 0 Å². The summed E-state index contributed by atoms with van der Waals surface area (Å²) in [4.78, 5) is 0. The highest BCUT2D eigenvalue weighted by molar-refractivity contribution is 5.89. The van der Waals surface area contributed by atoms with Crippen LogP contribution in [0, 0.1) is 5.82 Å². The van der Waals surface area contributed by atoms with Gasteiger partial charge in [0.25, 0.3) is 0 Å². The molecule has 5 heteroatoms. The van der Waals surface area contributed by atoms with Crippen LogP contribution in [0.25, 0.3) is 0 Å². The fourth-order valence-corrected chi connectivity index (χ4v) is 2.98. The third kappa shape index (κ3) is 3.41. The summed E-state index contributed by atoms with van der Waals surface area (Å²) in [5, 5.41) is 6.57. The lowest BCUT2D eigenvalue weighted by atomic mass is 10.00. The average Bonchev–Trinajstić information content (AvgIpc) is 3.00. The van der Waals surface area contributed by atoms with Crippen molar-refractivity contribution in [3.63, 3.8) is 0 Å². The quantitative estimate of drug-likeness (QED) is 0.876.